The van der Waals surface area contributed by atoms with Gasteiger partial charge < -0.3 is 21.7 Å². The van der Waals surface area contributed by atoms with Crippen molar-refractivity contribution in [2.75, 3.05) is 11.5 Å². The van der Waals surface area contributed by atoms with Crippen LogP contribution in [-0.2, 0) is 5.41 Å². The molecule has 0 atom stereocenters. The van der Waals surface area contributed by atoms with Gasteiger partial charge in [0.1, 0.15) is 11.5 Å². The van der Waals surface area contributed by atoms with E-state index in [1.807, 2.05) is 0 Å². The van der Waals surface area contributed by atoms with E-state index in [4.69, 9.17) is 11.5 Å². The highest BCUT2D eigenvalue weighted by molar-refractivity contribution is 5.75. The van der Waals surface area contributed by atoms with Gasteiger partial charge in [-0.05, 0) is 47.5 Å². The normalized spacial score (nSPS) is 11.7. The van der Waals surface area contributed by atoms with Crippen molar-refractivity contribution >= 4 is 11.4 Å². The maximum atomic E-state index is 15.2. The van der Waals surface area contributed by atoms with Crippen LogP contribution in [-0.4, -0.2) is 22.6 Å². The number of aromatic hydroxyl groups is 2. The van der Waals surface area contributed by atoms with E-state index >= 15 is 26.3 Å². The van der Waals surface area contributed by atoms with Crippen LogP contribution in [0.1, 0.15) is 33.4 Å². The maximum absolute atomic E-state index is 15.2. The summed E-state index contributed by atoms with van der Waals surface area (Å²) in [6.07, 6.45) is -12.1. The molecule has 0 aromatic heterocycles. The van der Waals surface area contributed by atoms with Gasteiger partial charge in [0, 0.05) is 11.1 Å². The van der Waals surface area contributed by atoms with E-state index in [0.29, 0.717) is 24.3 Å². The summed E-state index contributed by atoms with van der Waals surface area (Å²) in [5.41, 5.74) is 1.32. The molecule has 41 heavy (non-hydrogen) atoms. The Bertz CT molecular complexity index is 1580. The molecule has 0 aliphatic carbocycles. The molecule has 0 bridgehead atoms. The van der Waals surface area contributed by atoms with Gasteiger partial charge in [0.15, 0.2) is 0 Å². The van der Waals surface area contributed by atoms with Gasteiger partial charge in [0.2, 0.25) is 5.41 Å². The number of alkyl halides is 6. The molecule has 0 fully saturated rings. The molecule has 0 amide bonds. The Hall–Kier alpha value is -5.22. The number of phenolic OH excluding ortho intramolecular Hbond substituents is 2. The van der Waals surface area contributed by atoms with Crippen molar-refractivity contribution in [2.45, 2.75) is 17.8 Å². The van der Waals surface area contributed by atoms with Gasteiger partial charge in [-0.3, -0.25) is 0 Å². The van der Waals surface area contributed by atoms with E-state index in [-0.39, 0.29) is 11.1 Å². The van der Waals surface area contributed by atoms with E-state index in [0.717, 1.165) is 0 Å². The number of hydrogen-bond donors (Lipinski definition) is 4. The third-order valence-electron chi connectivity index (χ3n) is 6.31. The first-order valence-corrected chi connectivity index (χ1v) is 11.8. The van der Waals surface area contributed by atoms with Crippen molar-refractivity contribution < 1.29 is 36.6 Å². The zero-order valence-corrected chi connectivity index (χ0v) is 20.9. The first-order valence-electron chi connectivity index (χ1n) is 11.8. The molecular weight excluding hydrogens is 546 g/mol. The van der Waals surface area contributed by atoms with Crippen molar-refractivity contribution in [1.82, 2.24) is 0 Å². The molecule has 4 nitrogen and oxygen atoms in total. The molecule has 0 heterocycles. The summed E-state index contributed by atoms with van der Waals surface area (Å²) in [5.74, 6) is 8.11. The minimum absolute atomic E-state index is 0.272. The highest BCUT2D eigenvalue weighted by atomic mass is 19.4. The van der Waals surface area contributed by atoms with Gasteiger partial charge in [-0.2, -0.15) is 26.3 Å². The molecule has 4 rings (SSSR count). The minimum Gasteiger partial charge on any atom is -0.506 e. The molecule has 0 aliphatic rings. The van der Waals surface area contributed by atoms with Crippen LogP contribution in [0.4, 0.5) is 37.7 Å². The summed E-state index contributed by atoms with van der Waals surface area (Å²) >= 11 is 0. The van der Waals surface area contributed by atoms with Crippen LogP contribution in [0, 0.1) is 23.7 Å². The molecule has 208 valence electrons. The van der Waals surface area contributed by atoms with Crippen LogP contribution < -0.4 is 11.5 Å². The molecule has 0 radical (unpaired) electrons. The van der Waals surface area contributed by atoms with Crippen LogP contribution in [0.25, 0.3) is 0 Å². The quantitative estimate of drug-likeness (QED) is 0.0969. The lowest BCUT2D eigenvalue weighted by atomic mass is 9.69. The fourth-order valence-electron chi connectivity index (χ4n) is 4.34. The Morgan fingerprint density at radius 1 is 0.488 bits per heavy atom. The number of anilines is 2. The first-order chi connectivity index (χ1) is 19.3. The van der Waals surface area contributed by atoms with Crippen molar-refractivity contribution in [3.8, 4) is 35.2 Å². The lowest BCUT2D eigenvalue weighted by Gasteiger charge is -2.40. The monoisotopic (exact) mass is 566 g/mol. The lowest BCUT2D eigenvalue weighted by molar-refractivity contribution is -0.288. The summed E-state index contributed by atoms with van der Waals surface area (Å²) in [6.45, 7) is 0. The Labute approximate surface area is 230 Å². The molecule has 4 aromatic carbocycles. The average molecular weight is 567 g/mol. The number of rotatable bonds is 2. The summed E-state index contributed by atoms with van der Waals surface area (Å²) < 4.78 is 91.0. The van der Waals surface area contributed by atoms with Crippen molar-refractivity contribution in [2.24, 2.45) is 0 Å². The van der Waals surface area contributed by atoms with Gasteiger partial charge in [-0.15, -0.1) is 0 Å². The molecule has 0 unspecified atom stereocenters. The summed E-state index contributed by atoms with van der Waals surface area (Å²) in [6, 6.07) is 17.7. The largest absolute Gasteiger partial charge is 0.506 e. The van der Waals surface area contributed by atoms with Crippen LogP contribution in [0.3, 0.4) is 0 Å². The molecule has 0 saturated heterocycles. The highest BCUT2D eigenvalue weighted by Crippen LogP contribution is 2.59. The number of nitrogen functional groups attached to an aromatic ring is 2. The summed E-state index contributed by atoms with van der Waals surface area (Å²) in [7, 11) is 0. The average Bonchev–Trinajstić information content (AvgIpc) is 2.91. The molecule has 10 heteroatoms. The van der Waals surface area contributed by atoms with Gasteiger partial charge >= 0.3 is 12.4 Å². The molecule has 0 spiro atoms. The van der Waals surface area contributed by atoms with E-state index in [9.17, 15) is 10.2 Å². The second-order valence-corrected chi connectivity index (χ2v) is 8.82. The number of hydrogen-bond acceptors (Lipinski definition) is 4. The van der Waals surface area contributed by atoms with Crippen LogP contribution in [0.5, 0.6) is 11.5 Å². The predicted octanol–water partition coefficient (Wildman–Crippen LogP) is 6.47. The van der Waals surface area contributed by atoms with Gasteiger partial charge in [-0.1, -0.05) is 72.2 Å². The SMILES string of the molecule is Nc1c(O)ccc(C(c2ccc(O)c(N)c2C#Cc2ccccc2)(C(F)(F)F)C(F)(F)F)c1C#Cc1ccccc1. The smallest absolute Gasteiger partial charge is 0.411 e. The third-order valence-corrected chi connectivity index (χ3v) is 6.31. The standard InChI is InChI=1S/C31H20F6N2O2/c32-30(33,34)29(31(35,36)37,23-15-17-25(40)27(38)21(23)13-11-19-7-3-1-4-8-19)24-16-18-26(41)28(39)22(24)14-12-20-9-5-2-6-10-20/h1-10,15-18,40-41H,38-39H2. The zero-order valence-electron chi connectivity index (χ0n) is 20.9. The lowest BCUT2D eigenvalue weighted by Crippen LogP contribution is -2.55. The Kier molecular flexibility index (Phi) is 7.54. The van der Waals surface area contributed by atoms with Crippen molar-refractivity contribution in [3.63, 3.8) is 0 Å². The molecule has 0 aliphatic heterocycles. The van der Waals surface area contributed by atoms with E-state index in [2.05, 4.69) is 23.7 Å². The van der Waals surface area contributed by atoms with E-state index in [1.54, 1.807) is 36.4 Å². The fraction of sp³-hybridized carbons (Fsp3) is 0.0968. The van der Waals surface area contributed by atoms with Gasteiger partial charge in [-0.25, -0.2) is 0 Å². The Balaban J connectivity index is 2.17. The second kappa shape index (κ2) is 10.7. The minimum atomic E-state index is -6.07. The maximum Gasteiger partial charge on any atom is 0.411 e. The Morgan fingerprint density at radius 2 is 0.829 bits per heavy atom. The van der Waals surface area contributed by atoms with E-state index < -0.39 is 62.9 Å². The number of phenols is 2. The zero-order chi connectivity index (χ0) is 30.0. The van der Waals surface area contributed by atoms with Crippen LogP contribution >= 0.6 is 0 Å². The van der Waals surface area contributed by atoms with Crippen LogP contribution in [0.15, 0.2) is 84.9 Å². The fourth-order valence-corrected chi connectivity index (χ4v) is 4.34. The van der Waals surface area contributed by atoms with Crippen molar-refractivity contribution in [3.05, 3.63) is 118 Å². The third kappa shape index (κ3) is 5.20. The Morgan fingerprint density at radius 3 is 1.15 bits per heavy atom. The molecule has 0 saturated carbocycles. The highest BCUT2D eigenvalue weighted by Gasteiger charge is 2.74. The van der Waals surface area contributed by atoms with Crippen molar-refractivity contribution in [1.29, 1.82) is 0 Å². The molecular formula is C31H20F6N2O2. The van der Waals surface area contributed by atoms with Gasteiger partial charge in [0.05, 0.1) is 22.5 Å². The van der Waals surface area contributed by atoms with Crippen LogP contribution in [0.2, 0.25) is 0 Å². The first kappa shape index (κ1) is 28.8. The number of benzene rings is 4. The topological polar surface area (TPSA) is 92.5 Å². The number of nitrogens with two attached hydrogens (primary N) is 2. The predicted molar refractivity (Wildman–Crippen MR) is 143 cm³/mol. The molecule has 4 aromatic rings. The van der Waals surface area contributed by atoms with E-state index in [1.165, 1.54) is 24.3 Å². The summed E-state index contributed by atoms with van der Waals surface area (Å²) in [4.78, 5) is 0. The van der Waals surface area contributed by atoms with Gasteiger partial charge in [0.25, 0.3) is 0 Å². The number of halogens is 6. The molecule has 6 N–H and O–H groups in total. The second-order valence-electron chi connectivity index (χ2n) is 8.82. The summed E-state index contributed by atoms with van der Waals surface area (Å²) in [5, 5.41) is 20.4.